The van der Waals surface area contributed by atoms with Gasteiger partial charge in [0.05, 0.1) is 0 Å². The number of amides is 2. The highest BCUT2D eigenvalue weighted by atomic mass is 16.2. The van der Waals surface area contributed by atoms with Crippen LogP contribution in [-0.2, 0) is 9.59 Å². The molecule has 1 saturated heterocycles. The second kappa shape index (κ2) is 7.22. The van der Waals surface area contributed by atoms with Gasteiger partial charge in [0.1, 0.15) is 6.04 Å². The lowest BCUT2D eigenvalue weighted by Crippen LogP contribution is -2.52. The molecule has 1 unspecified atom stereocenters. The van der Waals surface area contributed by atoms with Crippen LogP contribution in [0.1, 0.15) is 24.8 Å². The van der Waals surface area contributed by atoms with Crippen molar-refractivity contribution in [3.8, 4) is 0 Å². The van der Waals surface area contributed by atoms with Gasteiger partial charge in [0.25, 0.3) is 0 Å². The first-order chi connectivity index (χ1) is 10.1. The summed E-state index contributed by atoms with van der Waals surface area (Å²) in [6.45, 7) is 3.35. The number of hydrogen-bond acceptors (Lipinski definition) is 3. The first kappa shape index (κ1) is 15.5. The zero-order chi connectivity index (χ0) is 15.2. The Balaban J connectivity index is 2.01. The third kappa shape index (κ3) is 4.04. The molecule has 1 aliphatic rings. The highest BCUT2D eigenvalue weighted by molar-refractivity contribution is 5.99. The van der Waals surface area contributed by atoms with E-state index in [1.54, 1.807) is 11.9 Å². The standard InChI is InChI=1S/C16H23N3O2/c1-12-5-7-13(8-6-12)19-11-3-4-14(16(19)21)18-15(20)9-10-17-2/h5-8,14,17H,3-4,9-11H2,1-2H3,(H,18,20). The Morgan fingerprint density at radius 2 is 2.05 bits per heavy atom. The maximum absolute atomic E-state index is 12.5. The predicted molar refractivity (Wildman–Crippen MR) is 83.2 cm³/mol. The van der Waals surface area contributed by atoms with Gasteiger partial charge in [-0.15, -0.1) is 0 Å². The van der Waals surface area contributed by atoms with Crippen molar-refractivity contribution in [3.05, 3.63) is 29.8 Å². The Morgan fingerprint density at radius 1 is 1.33 bits per heavy atom. The third-order valence-corrected chi connectivity index (χ3v) is 3.72. The highest BCUT2D eigenvalue weighted by Gasteiger charge is 2.30. The van der Waals surface area contributed by atoms with Crippen LogP contribution in [0.25, 0.3) is 0 Å². The number of anilines is 1. The van der Waals surface area contributed by atoms with Gasteiger partial charge in [-0.1, -0.05) is 17.7 Å². The summed E-state index contributed by atoms with van der Waals surface area (Å²) in [6.07, 6.45) is 2.01. The van der Waals surface area contributed by atoms with Gasteiger partial charge in [0.2, 0.25) is 11.8 Å². The van der Waals surface area contributed by atoms with Crippen molar-refractivity contribution in [1.82, 2.24) is 10.6 Å². The second-order valence-electron chi connectivity index (χ2n) is 5.44. The summed E-state index contributed by atoms with van der Waals surface area (Å²) in [4.78, 5) is 26.1. The van der Waals surface area contributed by atoms with Crippen molar-refractivity contribution in [2.45, 2.75) is 32.2 Å². The van der Waals surface area contributed by atoms with E-state index in [0.29, 0.717) is 25.9 Å². The van der Waals surface area contributed by atoms with Gasteiger partial charge in [-0.2, -0.15) is 0 Å². The smallest absolute Gasteiger partial charge is 0.249 e. The number of aryl methyl sites for hydroxylation is 1. The molecule has 114 valence electrons. The summed E-state index contributed by atoms with van der Waals surface area (Å²) in [7, 11) is 1.80. The number of benzene rings is 1. The van der Waals surface area contributed by atoms with Gasteiger partial charge >= 0.3 is 0 Å². The fraction of sp³-hybridized carbons (Fsp3) is 0.500. The van der Waals surface area contributed by atoms with Crippen LogP contribution in [-0.4, -0.2) is 38.0 Å². The van der Waals surface area contributed by atoms with Crippen LogP contribution >= 0.6 is 0 Å². The maximum atomic E-state index is 12.5. The van der Waals surface area contributed by atoms with Crippen molar-refractivity contribution < 1.29 is 9.59 Å². The zero-order valence-electron chi connectivity index (χ0n) is 12.7. The van der Waals surface area contributed by atoms with Gasteiger partial charge in [0, 0.05) is 25.2 Å². The van der Waals surface area contributed by atoms with E-state index in [1.165, 1.54) is 5.56 Å². The van der Waals surface area contributed by atoms with Gasteiger partial charge in [-0.05, 0) is 38.9 Å². The minimum absolute atomic E-state index is 0.0112. The number of carbonyl (C=O) groups excluding carboxylic acids is 2. The molecular formula is C16H23N3O2. The Kier molecular flexibility index (Phi) is 5.33. The molecule has 2 amide bonds. The molecule has 1 aliphatic heterocycles. The van der Waals surface area contributed by atoms with E-state index in [4.69, 9.17) is 0 Å². The third-order valence-electron chi connectivity index (χ3n) is 3.72. The van der Waals surface area contributed by atoms with Crippen LogP contribution in [0, 0.1) is 6.92 Å². The maximum Gasteiger partial charge on any atom is 0.249 e. The molecule has 5 heteroatoms. The van der Waals surface area contributed by atoms with Gasteiger partial charge in [-0.25, -0.2) is 0 Å². The molecular weight excluding hydrogens is 266 g/mol. The molecule has 1 atom stereocenters. The summed E-state index contributed by atoms with van der Waals surface area (Å²) in [5.41, 5.74) is 2.07. The lowest BCUT2D eigenvalue weighted by Gasteiger charge is -2.32. The first-order valence-corrected chi connectivity index (χ1v) is 7.44. The predicted octanol–water partition coefficient (Wildman–Crippen LogP) is 1.22. The van der Waals surface area contributed by atoms with Crippen LogP contribution in [0.15, 0.2) is 24.3 Å². The molecule has 1 fully saturated rings. The summed E-state index contributed by atoms with van der Waals surface area (Å²) in [5.74, 6) is -0.0867. The van der Waals surface area contributed by atoms with E-state index >= 15 is 0 Å². The van der Waals surface area contributed by atoms with Crippen molar-refractivity contribution in [2.24, 2.45) is 0 Å². The molecule has 0 saturated carbocycles. The van der Waals surface area contributed by atoms with Gasteiger partial charge < -0.3 is 15.5 Å². The average Bonchev–Trinajstić information content (AvgIpc) is 2.48. The van der Waals surface area contributed by atoms with E-state index in [1.807, 2.05) is 31.2 Å². The van der Waals surface area contributed by atoms with Crippen molar-refractivity contribution in [1.29, 1.82) is 0 Å². The normalized spacial score (nSPS) is 18.7. The van der Waals surface area contributed by atoms with Crippen LogP contribution in [0.5, 0.6) is 0 Å². The number of nitrogens with zero attached hydrogens (tertiary/aromatic N) is 1. The largest absolute Gasteiger partial charge is 0.344 e. The van der Waals surface area contributed by atoms with Crippen LogP contribution < -0.4 is 15.5 Å². The van der Waals surface area contributed by atoms with Crippen molar-refractivity contribution in [2.75, 3.05) is 25.0 Å². The summed E-state index contributed by atoms with van der Waals surface area (Å²) in [5, 5.41) is 5.78. The molecule has 2 N–H and O–H groups in total. The molecule has 1 heterocycles. The Labute approximate surface area is 125 Å². The molecule has 5 nitrogen and oxygen atoms in total. The average molecular weight is 289 g/mol. The molecule has 0 aliphatic carbocycles. The molecule has 0 spiro atoms. The van der Waals surface area contributed by atoms with E-state index < -0.39 is 6.04 Å². The minimum Gasteiger partial charge on any atom is -0.344 e. The molecule has 1 aromatic rings. The Hall–Kier alpha value is -1.88. The van der Waals surface area contributed by atoms with Crippen LogP contribution in [0.4, 0.5) is 5.69 Å². The highest BCUT2D eigenvalue weighted by Crippen LogP contribution is 2.21. The number of hydrogen-bond donors (Lipinski definition) is 2. The zero-order valence-corrected chi connectivity index (χ0v) is 12.7. The van der Waals surface area contributed by atoms with Gasteiger partial charge in [0.15, 0.2) is 0 Å². The topological polar surface area (TPSA) is 61.4 Å². The second-order valence-corrected chi connectivity index (χ2v) is 5.44. The fourth-order valence-corrected chi connectivity index (χ4v) is 2.50. The van der Waals surface area contributed by atoms with Crippen molar-refractivity contribution >= 4 is 17.5 Å². The summed E-state index contributed by atoms with van der Waals surface area (Å²) in [6, 6.07) is 7.51. The number of nitrogens with one attached hydrogen (secondary N) is 2. The molecule has 0 radical (unpaired) electrons. The number of rotatable bonds is 5. The van der Waals surface area contributed by atoms with E-state index in [2.05, 4.69) is 10.6 Å². The van der Waals surface area contributed by atoms with E-state index in [-0.39, 0.29) is 11.8 Å². The Morgan fingerprint density at radius 3 is 2.71 bits per heavy atom. The number of carbonyl (C=O) groups is 2. The van der Waals surface area contributed by atoms with Crippen LogP contribution in [0.2, 0.25) is 0 Å². The Bertz CT molecular complexity index is 499. The van der Waals surface area contributed by atoms with Crippen LogP contribution in [0.3, 0.4) is 0 Å². The lowest BCUT2D eigenvalue weighted by atomic mass is 10.0. The number of piperidine rings is 1. The first-order valence-electron chi connectivity index (χ1n) is 7.44. The SMILES string of the molecule is CNCCC(=O)NC1CCCN(c2ccc(C)cc2)C1=O. The molecule has 1 aromatic carbocycles. The quantitative estimate of drug-likeness (QED) is 0.856. The van der Waals surface area contributed by atoms with Gasteiger partial charge in [-0.3, -0.25) is 9.59 Å². The molecule has 0 aromatic heterocycles. The van der Waals surface area contributed by atoms with E-state index in [0.717, 1.165) is 12.1 Å². The lowest BCUT2D eigenvalue weighted by molar-refractivity contribution is -0.128. The monoisotopic (exact) mass is 289 g/mol. The molecule has 21 heavy (non-hydrogen) atoms. The summed E-state index contributed by atoms with van der Waals surface area (Å²) < 4.78 is 0. The summed E-state index contributed by atoms with van der Waals surface area (Å²) >= 11 is 0. The van der Waals surface area contributed by atoms with E-state index in [9.17, 15) is 9.59 Å². The van der Waals surface area contributed by atoms with Crippen molar-refractivity contribution in [3.63, 3.8) is 0 Å². The minimum atomic E-state index is -0.399. The fourth-order valence-electron chi connectivity index (χ4n) is 2.50. The molecule has 0 bridgehead atoms. The molecule has 2 rings (SSSR count).